The minimum absolute atomic E-state index is 0.101. The van der Waals surface area contributed by atoms with Crippen molar-refractivity contribution in [2.45, 2.75) is 65.2 Å². The van der Waals surface area contributed by atoms with Gasteiger partial charge in [-0.2, -0.15) is 0 Å². The smallest absolute Gasteiger partial charge is 0.286 e. The van der Waals surface area contributed by atoms with Crippen molar-refractivity contribution in [3.63, 3.8) is 0 Å². The molecule has 0 bridgehead atoms. The highest BCUT2D eigenvalue weighted by Crippen LogP contribution is 2.08. The number of carbonyl (C=O) groups is 1. The second-order valence-electron chi connectivity index (χ2n) is 5.14. The Balaban J connectivity index is 1.95. The molecule has 0 fully saturated rings. The zero-order valence-electron chi connectivity index (χ0n) is 12.3. The molecule has 1 aromatic heterocycles. The van der Waals surface area contributed by atoms with Gasteiger partial charge in [-0.25, -0.2) is 0 Å². The number of unbranched alkanes of at least 4 members (excludes halogenated alkanes) is 7. The molecular formula is C16H27NO2. The summed E-state index contributed by atoms with van der Waals surface area (Å²) in [6.07, 6.45) is 10.2. The van der Waals surface area contributed by atoms with Crippen molar-refractivity contribution in [2.75, 3.05) is 6.54 Å². The first kappa shape index (κ1) is 15.8. The van der Waals surface area contributed by atoms with E-state index in [1.807, 2.05) is 13.0 Å². The Morgan fingerprint density at radius 2 is 1.68 bits per heavy atom. The van der Waals surface area contributed by atoms with Gasteiger partial charge < -0.3 is 9.73 Å². The van der Waals surface area contributed by atoms with Gasteiger partial charge in [0.05, 0.1) is 0 Å². The van der Waals surface area contributed by atoms with Crippen LogP contribution < -0.4 is 5.32 Å². The summed E-state index contributed by atoms with van der Waals surface area (Å²) in [6.45, 7) is 4.83. The maximum Gasteiger partial charge on any atom is 0.286 e. The van der Waals surface area contributed by atoms with Gasteiger partial charge in [-0.15, -0.1) is 0 Å². The fourth-order valence-electron chi connectivity index (χ4n) is 2.10. The molecule has 1 heterocycles. The molecule has 0 aromatic carbocycles. The Bertz CT molecular complexity index is 357. The number of aryl methyl sites for hydroxylation is 1. The summed E-state index contributed by atoms with van der Waals surface area (Å²) in [6, 6.07) is 3.53. The summed E-state index contributed by atoms with van der Waals surface area (Å²) in [5.74, 6) is 1.09. The lowest BCUT2D eigenvalue weighted by atomic mass is 10.1. The van der Waals surface area contributed by atoms with Crippen LogP contribution in [0.1, 0.15) is 74.6 Å². The third-order valence-corrected chi connectivity index (χ3v) is 3.28. The van der Waals surface area contributed by atoms with Gasteiger partial charge in [0.1, 0.15) is 5.76 Å². The summed E-state index contributed by atoms with van der Waals surface area (Å²) < 4.78 is 5.27. The van der Waals surface area contributed by atoms with Crippen molar-refractivity contribution in [1.82, 2.24) is 5.32 Å². The normalized spacial score (nSPS) is 10.6. The average Bonchev–Trinajstić information content (AvgIpc) is 2.83. The molecule has 0 aliphatic carbocycles. The first-order chi connectivity index (χ1) is 9.24. The van der Waals surface area contributed by atoms with Gasteiger partial charge in [0.2, 0.25) is 0 Å². The highest BCUT2D eigenvalue weighted by molar-refractivity contribution is 5.91. The fraction of sp³-hybridized carbons (Fsp3) is 0.688. The zero-order chi connectivity index (χ0) is 13.9. The maximum absolute atomic E-state index is 11.7. The van der Waals surface area contributed by atoms with Crippen LogP contribution in [0.25, 0.3) is 0 Å². The standard InChI is InChI=1S/C16H27NO2/c1-3-4-5-6-7-8-9-10-13-17-16(18)15-12-11-14(2)19-15/h11-12H,3-10,13H2,1-2H3,(H,17,18). The van der Waals surface area contributed by atoms with Crippen LogP contribution >= 0.6 is 0 Å². The molecule has 0 aliphatic rings. The molecule has 1 aromatic rings. The number of hydrogen-bond donors (Lipinski definition) is 1. The molecular weight excluding hydrogens is 238 g/mol. The second kappa shape index (κ2) is 9.65. The van der Waals surface area contributed by atoms with E-state index >= 15 is 0 Å². The monoisotopic (exact) mass is 265 g/mol. The molecule has 0 spiro atoms. The quantitative estimate of drug-likeness (QED) is 0.635. The molecule has 0 saturated carbocycles. The van der Waals surface area contributed by atoms with Crippen LogP contribution in [-0.2, 0) is 0 Å². The summed E-state index contributed by atoms with van der Waals surface area (Å²) in [7, 11) is 0. The zero-order valence-corrected chi connectivity index (χ0v) is 12.3. The number of nitrogens with one attached hydrogen (secondary N) is 1. The van der Waals surface area contributed by atoms with Gasteiger partial charge in [-0.3, -0.25) is 4.79 Å². The Morgan fingerprint density at radius 3 is 2.26 bits per heavy atom. The summed E-state index contributed by atoms with van der Waals surface area (Å²) >= 11 is 0. The molecule has 1 rings (SSSR count). The van der Waals surface area contributed by atoms with Gasteiger partial charge in [0.15, 0.2) is 5.76 Å². The Labute approximate surface area is 116 Å². The number of furan rings is 1. The molecule has 3 heteroatoms. The SMILES string of the molecule is CCCCCCCCCCNC(=O)c1ccc(C)o1. The molecule has 0 saturated heterocycles. The predicted octanol–water partition coefficient (Wildman–Crippen LogP) is 4.46. The van der Waals surface area contributed by atoms with Crippen molar-refractivity contribution in [1.29, 1.82) is 0 Å². The largest absolute Gasteiger partial charge is 0.456 e. The van der Waals surface area contributed by atoms with E-state index in [-0.39, 0.29) is 5.91 Å². The lowest BCUT2D eigenvalue weighted by Gasteiger charge is -2.03. The third-order valence-electron chi connectivity index (χ3n) is 3.28. The van der Waals surface area contributed by atoms with Gasteiger partial charge in [-0.1, -0.05) is 51.9 Å². The van der Waals surface area contributed by atoms with E-state index in [9.17, 15) is 4.79 Å². The molecule has 3 nitrogen and oxygen atoms in total. The van der Waals surface area contributed by atoms with Gasteiger partial charge in [0.25, 0.3) is 5.91 Å². The molecule has 1 N–H and O–H groups in total. The van der Waals surface area contributed by atoms with E-state index in [4.69, 9.17) is 4.42 Å². The Kier molecular flexibility index (Phi) is 8.03. The number of amides is 1. The molecule has 1 amide bonds. The van der Waals surface area contributed by atoms with Crippen molar-refractivity contribution in [3.8, 4) is 0 Å². The molecule has 0 radical (unpaired) electrons. The van der Waals surface area contributed by atoms with Crippen LogP contribution in [0.2, 0.25) is 0 Å². The van der Waals surface area contributed by atoms with Crippen molar-refractivity contribution in [3.05, 3.63) is 23.7 Å². The first-order valence-corrected chi connectivity index (χ1v) is 7.58. The Hall–Kier alpha value is -1.25. The first-order valence-electron chi connectivity index (χ1n) is 7.58. The topological polar surface area (TPSA) is 42.2 Å². The molecule has 0 unspecified atom stereocenters. The summed E-state index contributed by atoms with van der Waals surface area (Å²) in [4.78, 5) is 11.7. The summed E-state index contributed by atoms with van der Waals surface area (Å²) in [5, 5.41) is 2.89. The minimum atomic E-state index is -0.101. The molecule has 108 valence electrons. The van der Waals surface area contributed by atoms with Crippen LogP contribution in [-0.4, -0.2) is 12.5 Å². The summed E-state index contributed by atoms with van der Waals surface area (Å²) in [5.41, 5.74) is 0. The van der Waals surface area contributed by atoms with E-state index in [0.717, 1.165) is 18.7 Å². The van der Waals surface area contributed by atoms with Crippen LogP contribution in [0.5, 0.6) is 0 Å². The molecule has 19 heavy (non-hydrogen) atoms. The minimum Gasteiger partial charge on any atom is -0.456 e. The van der Waals surface area contributed by atoms with Gasteiger partial charge in [0, 0.05) is 6.54 Å². The number of hydrogen-bond acceptors (Lipinski definition) is 2. The van der Waals surface area contributed by atoms with Crippen molar-refractivity contribution >= 4 is 5.91 Å². The van der Waals surface area contributed by atoms with E-state index in [2.05, 4.69) is 12.2 Å². The van der Waals surface area contributed by atoms with E-state index in [0.29, 0.717) is 5.76 Å². The van der Waals surface area contributed by atoms with Crippen LogP contribution in [0.15, 0.2) is 16.5 Å². The number of rotatable bonds is 10. The van der Waals surface area contributed by atoms with Gasteiger partial charge >= 0.3 is 0 Å². The van der Waals surface area contributed by atoms with E-state index in [1.165, 1.54) is 44.9 Å². The maximum atomic E-state index is 11.7. The fourth-order valence-corrected chi connectivity index (χ4v) is 2.10. The highest BCUT2D eigenvalue weighted by atomic mass is 16.3. The van der Waals surface area contributed by atoms with Crippen LogP contribution in [0.4, 0.5) is 0 Å². The lowest BCUT2D eigenvalue weighted by Crippen LogP contribution is -2.23. The molecule has 0 aliphatic heterocycles. The van der Waals surface area contributed by atoms with Crippen molar-refractivity contribution in [2.24, 2.45) is 0 Å². The number of carbonyl (C=O) groups excluding carboxylic acids is 1. The molecule has 0 atom stereocenters. The lowest BCUT2D eigenvalue weighted by molar-refractivity contribution is 0.0924. The highest BCUT2D eigenvalue weighted by Gasteiger charge is 2.08. The Morgan fingerprint density at radius 1 is 1.05 bits per heavy atom. The van der Waals surface area contributed by atoms with E-state index in [1.54, 1.807) is 6.07 Å². The van der Waals surface area contributed by atoms with Crippen LogP contribution in [0.3, 0.4) is 0 Å². The average molecular weight is 265 g/mol. The van der Waals surface area contributed by atoms with Crippen LogP contribution in [0, 0.1) is 6.92 Å². The van der Waals surface area contributed by atoms with Crippen molar-refractivity contribution < 1.29 is 9.21 Å². The second-order valence-corrected chi connectivity index (χ2v) is 5.14. The predicted molar refractivity (Wildman–Crippen MR) is 78.4 cm³/mol. The third kappa shape index (κ3) is 7.04. The van der Waals surface area contributed by atoms with Gasteiger partial charge in [-0.05, 0) is 25.5 Å². The van der Waals surface area contributed by atoms with E-state index < -0.39 is 0 Å².